The Morgan fingerprint density at radius 2 is 1.08 bits per heavy atom. The van der Waals surface area contributed by atoms with Gasteiger partial charge in [-0.2, -0.15) is 6.08 Å². The normalized spacial score (nSPS) is 12.0. The summed E-state index contributed by atoms with van der Waals surface area (Å²) in [7, 11) is 0. The van der Waals surface area contributed by atoms with Crippen LogP contribution in [0.3, 0.4) is 0 Å². The van der Waals surface area contributed by atoms with Gasteiger partial charge in [0.2, 0.25) is 0 Å². The van der Waals surface area contributed by atoms with Crippen LogP contribution < -0.4 is 24.8 Å². The van der Waals surface area contributed by atoms with Gasteiger partial charge in [0.1, 0.15) is 0 Å². The van der Waals surface area contributed by atoms with Crippen LogP contribution in [0.4, 0.5) is 0 Å². The Bertz CT molecular complexity index is 1940. The second kappa shape index (κ2) is 17.8. The number of aryl methyl sites for hydroxylation is 1. The minimum atomic E-state index is 0. The maximum absolute atomic E-state index is 2.99. The number of allylic oxidation sites excluding steroid dienone is 4. The molecule has 3 heteroatoms. The van der Waals surface area contributed by atoms with Crippen LogP contribution in [-0.2, 0) is 35.1 Å². The van der Waals surface area contributed by atoms with Gasteiger partial charge >= 0.3 is 76.7 Å². The van der Waals surface area contributed by atoms with Crippen LogP contribution in [0.5, 0.6) is 0 Å². The molecule has 0 nitrogen and oxygen atoms in total. The molecule has 7 rings (SSSR count). The first-order valence-corrected chi connectivity index (χ1v) is 18.2. The van der Waals surface area contributed by atoms with Crippen molar-refractivity contribution in [2.24, 2.45) is 0 Å². The second-order valence-corrected chi connectivity index (χ2v) is 16.7. The standard InChI is InChI=1S/C33H33.C9H10.C5H5.2ClH.Zr/c1-32(2,3)30-20-26-24(18-28(30)22-13-9-7-10-14-22)17-25-19-29(23-15-11-8-12-16-23)31(21-27(25)26)33(4,5)6;1-3-9-6-4-8(2)5-7-9;1-2-4-5-3-1;;;/h7-21H,1-6H3;4-7H,1-2H3;1-3H,4H2;2*1H;/q-1;;-1;;;+2/p-2. The number of fused-ring (bicyclic) bond motifs is 3. The fourth-order valence-electron chi connectivity index (χ4n) is 6.20. The number of rotatable bonds is 3. The zero-order valence-electron chi connectivity index (χ0n) is 30.7. The molecule has 0 spiro atoms. The number of hydrogen-bond donors (Lipinski definition) is 0. The van der Waals surface area contributed by atoms with Crippen LogP contribution in [0.15, 0.2) is 133 Å². The first-order chi connectivity index (χ1) is 22.8. The van der Waals surface area contributed by atoms with Crippen molar-refractivity contribution in [2.45, 2.75) is 72.6 Å². The van der Waals surface area contributed by atoms with Crippen molar-refractivity contribution in [3.8, 4) is 22.3 Å². The molecule has 1 aliphatic carbocycles. The summed E-state index contributed by atoms with van der Waals surface area (Å²) < 4.78 is 1.46. The van der Waals surface area contributed by atoms with Crippen LogP contribution in [0.2, 0.25) is 0 Å². The molecule has 0 saturated carbocycles. The topological polar surface area (TPSA) is 0 Å². The summed E-state index contributed by atoms with van der Waals surface area (Å²) in [5.74, 6) is 0. The Hall–Kier alpha value is -3.22. The van der Waals surface area contributed by atoms with Crippen molar-refractivity contribution < 1.29 is 49.0 Å². The predicted octanol–water partition coefficient (Wildman–Crippen LogP) is 7.04. The average molecular weight is 775 g/mol. The van der Waals surface area contributed by atoms with Crippen molar-refractivity contribution in [2.75, 3.05) is 0 Å². The van der Waals surface area contributed by atoms with E-state index in [2.05, 4.69) is 183 Å². The Labute approximate surface area is 328 Å². The smallest absolute Gasteiger partial charge is 0.109 e. The van der Waals surface area contributed by atoms with E-state index in [0.29, 0.717) is 0 Å². The van der Waals surface area contributed by atoms with Crippen molar-refractivity contribution in [1.82, 2.24) is 0 Å². The molecule has 0 saturated heterocycles. The Morgan fingerprint density at radius 1 is 0.640 bits per heavy atom. The van der Waals surface area contributed by atoms with Gasteiger partial charge in [0.05, 0.1) is 0 Å². The number of benzene rings is 5. The Balaban J connectivity index is 0.000000330. The van der Waals surface area contributed by atoms with E-state index in [9.17, 15) is 0 Å². The number of hydrogen-bond acceptors (Lipinski definition) is 0. The monoisotopic (exact) mass is 772 g/mol. The zero-order valence-corrected chi connectivity index (χ0v) is 34.6. The predicted molar refractivity (Wildman–Crippen MR) is 208 cm³/mol. The van der Waals surface area contributed by atoms with E-state index in [4.69, 9.17) is 0 Å². The Morgan fingerprint density at radius 3 is 1.40 bits per heavy atom. The zero-order chi connectivity index (χ0) is 34.5. The van der Waals surface area contributed by atoms with Gasteiger partial charge in [-0.15, -0.1) is 46.2 Å². The maximum Gasteiger partial charge on any atom is -0.109 e. The second-order valence-electron chi connectivity index (χ2n) is 14.8. The molecule has 256 valence electrons. The van der Waals surface area contributed by atoms with Gasteiger partial charge in [-0.05, 0) is 44.2 Å². The molecule has 6 aromatic rings. The van der Waals surface area contributed by atoms with E-state index in [0.717, 1.165) is 6.42 Å². The first-order valence-electron chi connectivity index (χ1n) is 17.0. The van der Waals surface area contributed by atoms with Gasteiger partial charge in [0, 0.05) is 0 Å². The summed E-state index contributed by atoms with van der Waals surface area (Å²) in [6, 6.07) is 42.4. The molecule has 0 amide bonds. The fourth-order valence-corrected chi connectivity index (χ4v) is 6.61. The van der Waals surface area contributed by atoms with Crippen molar-refractivity contribution in [3.63, 3.8) is 0 Å². The van der Waals surface area contributed by atoms with Crippen molar-refractivity contribution in [1.29, 1.82) is 0 Å². The van der Waals surface area contributed by atoms with Gasteiger partial charge in [0.25, 0.3) is 0 Å². The summed E-state index contributed by atoms with van der Waals surface area (Å²) in [5.41, 5.74) is 10.9. The fraction of sp³-hybridized carbons (Fsp3) is 0.234. The largest absolute Gasteiger partial charge is 1.00 e. The molecule has 0 aromatic heterocycles. The number of halogens is 2. The van der Waals surface area contributed by atoms with Gasteiger partial charge in [-0.1, -0.05) is 114 Å². The molecular weight excluding hydrogens is 727 g/mol. The molecule has 0 unspecified atom stereocenters. The molecule has 50 heavy (non-hydrogen) atoms. The van der Waals surface area contributed by atoms with Gasteiger partial charge in [-0.25, -0.2) is 12.2 Å². The molecule has 0 fully saturated rings. The summed E-state index contributed by atoms with van der Waals surface area (Å²) in [5, 5.41) is 5.36. The maximum atomic E-state index is 2.99. The quantitative estimate of drug-likeness (QED) is 0.170. The summed E-state index contributed by atoms with van der Waals surface area (Å²) in [6.45, 7) is 18.2. The third-order valence-electron chi connectivity index (χ3n) is 8.84. The molecule has 1 aliphatic rings. The molecule has 0 heterocycles. The average Bonchev–Trinajstić information content (AvgIpc) is 3.76. The van der Waals surface area contributed by atoms with Crippen molar-refractivity contribution in [3.05, 3.63) is 162 Å². The third-order valence-corrected chi connectivity index (χ3v) is 9.55. The van der Waals surface area contributed by atoms with Crippen LogP contribution in [0, 0.1) is 13.0 Å². The van der Waals surface area contributed by atoms with Crippen LogP contribution in [0.1, 0.15) is 77.1 Å². The molecule has 0 aliphatic heterocycles. The van der Waals surface area contributed by atoms with Gasteiger partial charge in [0.15, 0.2) is 0 Å². The molecule has 6 aromatic carbocycles. The van der Waals surface area contributed by atoms with E-state index in [1.54, 1.807) is 0 Å². The minimum Gasteiger partial charge on any atom is -1.00 e. The van der Waals surface area contributed by atoms with E-state index in [1.165, 1.54) is 93.5 Å². The van der Waals surface area contributed by atoms with Crippen molar-refractivity contribution >= 4 is 24.8 Å². The van der Waals surface area contributed by atoms with Crippen LogP contribution in [0.25, 0.3) is 43.8 Å². The van der Waals surface area contributed by atoms with E-state index in [-0.39, 0.29) is 35.6 Å². The molecule has 0 N–H and O–H groups in total. The van der Waals surface area contributed by atoms with Gasteiger partial charge in [-0.3, -0.25) is 6.08 Å². The molecular formula is C47H48Cl2Zr-2. The SMILES string of the molecule is CC(C)(C)c1cc2c(cc1-c1ccccc1)[cH-]c1cc(-c3ccccc3)c(C(C)(C)C)cc12.C[C](=[Zr+2])c1ccc(C)cc1.[C-]1=CC=CC1.[Cl-].[Cl-]. The third kappa shape index (κ3) is 10.2. The molecule has 0 atom stereocenters. The molecule has 0 bridgehead atoms. The first kappa shape index (κ1) is 41.2. The van der Waals surface area contributed by atoms with E-state index in [1.807, 2.05) is 12.2 Å². The van der Waals surface area contributed by atoms with Crippen LogP contribution >= 0.6 is 0 Å². The van der Waals surface area contributed by atoms with Crippen LogP contribution in [-0.4, -0.2) is 3.21 Å². The molecule has 0 radical (unpaired) electrons. The summed E-state index contributed by atoms with van der Waals surface area (Å²) in [6.07, 6.45) is 10.0. The minimum absolute atomic E-state index is 0. The van der Waals surface area contributed by atoms with E-state index < -0.39 is 0 Å². The summed E-state index contributed by atoms with van der Waals surface area (Å²) >= 11 is 1.51. The summed E-state index contributed by atoms with van der Waals surface area (Å²) in [4.78, 5) is 0. The Kier molecular flexibility index (Phi) is 14.7. The van der Waals surface area contributed by atoms with E-state index >= 15 is 0 Å². The van der Waals surface area contributed by atoms with Gasteiger partial charge < -0.3 is 24.8 Å².